The fourth-order valence-electron chi connectivity index (χ4n) is 7.42. The molecule has 0 aliphatic heterocycles. The number of phosphoric acid groups is 1. The smallest absolute Gasteiger partial charge is 0.268 e. The first-order chi connectivity index (χ1) is 30.4. The molecule has 0 rings (SSSR count). The van der Waals surface area contributed by atoms with Gasteiger partial charge in [-0.2, -0.15) is 0 Å². The Balaban J connectivity index is 4.25. The van der Waals surface area contributed by atoms with Crippen molar-refractivity contribution in [3.8, 4) is 0 Å². The van der Waals surface area contributed by atoms with Crippen molar-refractivity contribution >= 4 is 13.7 Å². The number of carbonyl (C=O) groups is 1. The molecule has 0 saturated heterocycles. The van der Waals surface area contributed by atoms with Crippen molar-refractivity contribution in [1.29, 1.82) is 0 Å². The third-order valence-electron chi connectivity index (χ3n) is 11.6. The van der Waals surface area contributed by atoms with Crippen LogP contribution in [-0.4, -0.2) is 79.8 Å². The molecule has 1 amide bonds. The molecule has 63 heavy (non-hydrogen) atoms. The summed E-state index contributed by atoms with van der Waals surface area (Å²) < 4.78 is 23.2. The summed E-state index contributed by atoms with van der Waals surface area (Å²) in [6, 6.07) is -1.10. The van der Waals surface area contributed by atoms with E-state index in [0.717, 1.165) is 51.4 Å². The molecule has 3 N–H and O–H groups in total. The standard InChI is InChI=1S/C53H101N2O7P/c1-6-8-10-12-14-16-18-20-21-22-23-24-25-26-27-28-29-30-31-32-33-34-36-38-40-42-44-46-52(57)54-50(49-62-63(59,60)61-48-47-55(3,4)5)53(58)51(56)45-43-41-39-37-35-19-17-15-13-11-9-7-2/h15,17-18,20,22-23,37,39,50-51,53,56,58H,6-14,16,19,21,24-36,38,40-49H2,1-5H3,(H-,54,57,59,60)/b17-15+,20-18-,23-22-,39-37+. The van der Waals surface area contributed by atoms with Crippen LogP contribution >= 0.6 is 7.82 Å². The van der Waals surface area contributed by atoms with E-state index in [9.17, 15) is 24.5 Å². The predicted molar refractivity (Wildman–Crippen MR) is 267 cm³/mol. The van der Waals surface area contributed by atoms with Gasteiger partial charge in [-0.3, -0.25) is 9.36 Å². The summed E-state index contributed by atoms with van der Waals surface area (Å²) in [4.78, 5) is 25.4. The highest BCUT2D eigenvalue weighted by Gasteiger charge is 2.29. The Kier molecular flexibility index (Phi) is 43.2. The highest BCUT2D eigenvalue weighted by Crippen LogP contribution is 2.38. The number of amides is 1. The van der Waals surface area contributed by atoms with E-state index < -0.39 is 32.7 Å². The van der Waals surface area contributed by atoms with Crippen molar-refractivity contribution in [2.45, 2.75) is 244 Å². The molecular formula is C53H101N2O7P. The maximum Gasteiger partial charge on any atom is 0.268 e. The van der Waals surface area contributed by atoms with Crippen molar-refractivity contribution in [1.82, 2.24) is 5.32 Å². The lowest BCUT2D eigenvalue weighted by atomic mass is 10.0. The van der Waals surface area contributed by atoms with Crippen molar-refractivity contribution in [3.05, 3.63) is 48.6 Å². The molecule has 0 fully saturated rings. The summed E-state index contributed by atoms with van der Waals surface area (Å²) >= 11 is 0. The minimum Gasteiger partial charge on any atom is -0.756 e. The minimum absolute atomic E-state index is 0.0493. The van der Waals surface area contributed by atoms with Crippen LogP contribution in [0.25, 0.3) is 0 Å². The molecule has 370 valence electrons. The molecule has 9 nitrogen and oxygen atoms in total. The number of likely N-dealkylation sites (N-methyl/N-ethyl adjacent to an activating group) is 1. The van der Waals surface area contributed by atoms with E-state index in [1.54, 1.807) is 0 Å². The molecule has 4 unspecified atom stereocenters. The zero-order valence-electron chi connectivity index (χ0n) is 41.6. The van der Waals surface area contributed by atoms with Crippen LogP contribution in [0.1, 0.15) is 226 Å². The Bertz CT molecular complexity index is 1180. The van der Waals surface area contributed by atoms with Crippen LogP contribution in [-0.2, 0) is 18.4 Å². The summed E-state index contributed by atoms with van der Waals surface area (Å²) in [5, 5.41) is 24.6. The van der Waals surface area contributed by atoms with Crippen LogP contribution in [0.3, 0.4) is 0 Å². The second kappa shape index (κ2) is 44.3. The van der Waals surface area contributed by atoms with Crippen LogP contribution in [0.2, 0.25) is 0 Å². The molecule has 0 spiro atoms. The molecule has 10 heteroatoms. The normalized spacial score (nSPS) is 15.0. The van der Waals surface area contributed by atoms with Gasteiger partial charge in [0.25, 0.3) is 7.82 Å². The van der Waals surface area contributed by atoms with Crippen LogP contribution in [0.5, 0.6) is 0 Å². The Labute approximate surface area is 389 Å². The number of carbonyl (C=O) groups excluding carboxylic acids is 1. The molecular weight excluding hydrogens is 808 g/mol. The maximum atomic E-state index is 12.9. The minimum atomic E-state index is -4.68. The highest BCUT2D eigenvalue weighted by molar-refractivity contribution is 7.45. The van der Waals surface area contributed by atoms with Crippen molar-refractivity contribution in [2.24, 2.45) is 0 Å². The Morgan fingerprint density at radius 1 is 0.571 bits per heavy atom. The lowest BCUT2D eigenvalue weighted by molar-refractivity contribution is -0.870. The van der Waals surface area contributed by atoms with Crippen LogP contribution < -0.4 is 10.2 Å². The van der Waals surface area contributed by atoms with Gasteiger partial charge in [-0.25, -0.2) is 0 Å². The first-order valence-electron chi connectivity index (χ1n) is 26.1. The second-order valence-corrected chi connectivity index (χ2v) is 20.4. The number of hydrogen-bond donors (Lipinski definition) is 3. The number of aliphatic hydroxyl groups excluding tert-OH is 2. The van der Waals surface area contributed by atoms with E-state index in [1.165, 1.54) is 135 Å². The molecule has 0 aromatic rings. The van der Waals surface area contributed by atoms with E-state index in [4.69, 9.17) is 9.05 Å². The number of quaternary nitrogens is 1. The summed E-state index contributed by atoms with van der Waals surface area (Å²) in [5.41, 5.74) is 0. The topological polar surface area (TPSA) is 128 Å². The van der Waals surface area contributed by atoms with Crippen LogP contribution in [0.4, 0.5) is 0 Å². The van der Waals surface area contributed by atoms with E-state index in [1.807, 2.05) is 21.1 Å². The zero-order valence-corrected chi connectivity index (χ0v) is 42.5. The van der Waals surface area contributed by atoms with Gasteiger partial charge in [0.2, 0.25) is 5.91 Å². The average molecular weight is 909 g/mol. The van der Waals surface area contributed by atoms with E-state index in [0.29, 0.717) is 30.3 Å². The number of hydrogen-bond acceptors (Lipinski definition) is 7. The monoisotopic (exact) mass is 909 g/mol. The number of nitrogens with one attached hydrogen (secondary N) is 1. The predicted octanol–water partition coefficient (Wildman–Crippen LogP) is 13.5. The van der Waals surface area contributed by atoms with E-state index in [2.05, 4.69) is 67.8 Å². The van der Waals surface area contributed by atoms with Gasteiger partial charge in [-0.15, -0.1) is 0 Å². The highest BCUT2D eigenvalue weighted by atomic mass is 31.2. The molecule has 0 aromatic carbocycles. The molecule has 0 aliphatic carbocycles. The van der Waals surface area contributed by atoms with Gasteiger partial charge in [-0.1, -0.05) is 184 Å². The Hall–Kier alpha value is -1.58. The van der Waals surface area contributed by atoms with Gasteiger partial charge < -0.3 is 34.0 Å². The largest absolute Gasteiger partial charge is 0.756 e. The van der Waals surface area contributed by atoms with Gasteiger partial charge in [0, 0.05) is 6.42 Å². The summed E-state index contributed by atoms with van der Waals surface area (Å²) in [5.74, 6) is -0.293. The van der Waals surface area contributed by atoms with Crippen LogP contribution in [0, 0.1) is 0 Å². The average Bonchev–Trinajstić information content (AvgIpc) is 3.24. The quantitative estimate of drug-likeness (QED) is 0.0240. The number of nitrogens with zero attached hydrogens (tertiary/aromatic N) is 1. The van der Waals surface area contributed by atoms with Gasteiger partial charge >= 0.3 is 0 Å². The van der Waals surface area contributed by atoms with Crippen LogP contribution in [0.15, 0.2) is 48.6 Å². The SMILES string of the molecule is CCCCC/C=C/CC/C=C/CCCC(O)C(O)C(COP(=O)([O-])OCC[N+](C)(C)C)NC(=O)CCCCCCCCCCCCCCCCC/C=C\C/C=C\CCCCCCC. The first-order valence-corrected chi connectivity index (χ1v) is 27.5. The van der Waals surface area contributed by atoms with Gasteiger partial charge in [0.1, 0.15) is 19.3 Å². The number of allylic oxidation sites excluding steroid dienone is 8. The summed E-state index contributed by atoms with van der Waals surface area (Å²) in [6.07, 6.45) is 53.1. The molecule has 0 bridgehead atoms. The van der Waals surface area contributed by atoms with Gasteiger partial charge in [0.15, 0.2) is 0 Å². The summed E-state index contributed by atoms with van der Waals surface area (Å²) in [7, 11) is 1.10. The number of rotatable bonds is 47. The second-order valence-electron chi connectivity index (χ2n) is 19.0. The molecule has 4 atom stereocenters. The van der Waals surface area contributed by atoms with Gasteiger partial charge in [0.05, 0.1) is 39.9 Å². The Morgan fingerprint density at radius 3 is 1.46 bits per heavy atom. The van der Waals surface area contributed by atoms with Crippen molar-refractivity contribution < 1.29 is 38.0 Å². The molecule has 0 saturated carbocycles. The maximum absolute atomic E-state index is 12.9. The molecule has 0 radical (unpaired) electrons. The fraction of sp³-hybridized carbons (Fsp3) is 0.830. The van der Waals surface area contributed by atoms with Gasteiger partial charge in [-0.05, 0) is 83.5 Å². The molecule has 0 heterocycles. The molecule has 0 aliphatic rings. The number of aliphatic hydroxyl groups is 2. The lowest BCUT2D eigenvalue weighted by Crippen LogP contribution is -2.51. The number of phosphoric ester groups is 1. The van der Waals surface area contributed by atoms with E-state index in [-0.39, 0.29) is 18.9 Å². The molecule has 0 aromatic heterocycles. The first kappa shape index (κ1) is 61.4. The summed E-state index contributed by atoms with van der Waals surface area (Å²) in [6.45, 7) is 4.37. The van der Waals surface area contributed by atoms with Crippen molar-refractivity contribution in [2.75, 3.05) is 40.9 Å². The Morgan fingerprint density at radius 2 is 0.968 bits per heavy atom. The number of unbranched alkanes of at least 4 members (excludes halogenated alkanes) is 25. The third kappa shape index (κ3) is 45.4. The lowest BCUT2D eigenvalue weighted by Gasteiger charge is -2.31. The third-order valence-corrected chi connectivity index (χ3v) is 12.6. The van der Waals surface area contributed by atoms with Crippen molar-refractivity contribution in [3.63, 3.8) is 0 Å². The van der Waals surface area contributed by atoms with E-state index >= 15 is 0 Å². The zero-order chi connectivity index (χ0) is 46.5. The fourth-order valence-corrected chi connectivity index (χ4v) is 8.14.